The highest BCUT2D eigenvalue weighted by atomic mass is 35.5. The molecule has 34 heavy (non-hydrogen) atoms. The van der Waals surface area contributed by atoms with Crippen LogP contribution in [0.1, 0.15) is 88.8 Å². The Hall–Kier alpha value is -1.83. The van der Waals surface area contributed by atoms with Crippen LogP contribution in [0.15, 0.2) is 18.2 Å². The molecule has 5 rings (SSSR count). The van der Waals surface area contributed by atoms with Crippen LogP contribution in [0.3, 0.4) is 0 Å². The Morgan fingerprint density at radius 1 is 1.03 bits per heavy atom. The number of rotatable bonds is 3. The van der Waals surface area contributed by atoms with Gasteiger partial charge in [-0.2, -0.15) is 0 Å². The van der Waals surface area contributed by atoms with Gasteiger partial charge in [0.1, 0.15) is 11.4 Å². The number of halogens is 2. The number of aromatic nitrogens is 3. The summed E-state index contributed by atoms with van der Waals surface area (Å²) < 4.78 is 14.1. The van der Waals surface area contributed by atoms with E-state index >= 15 is 0 Å². The van der Waals surface area contributed by atoms with Crippen molar-refractivity contribution in [2.75, 3.05) is 0 Å². The molecule has 2 heterocycles. The summed E-state index contributed by atoms with van der Waals surface area (Å²) in [5, 5.41) is 9.80. The van der Waals surface area contributed by atoms with Gasteiger partial charge in [0.05, 0.1) is 31.0 Å². The van der Waals surface area contributed by atoms with Crippen molar-refractivity contribution in [3.8, 4) is 5.69 Å². The summed E-state index contributed by atoms with van der Waals surface area (Å²) in [5.41, 5.74) is 1.39. The van der Waals surface area contributed by atoms with Crippen molar-refractivity contribution < 1.29 is 14.3 Å². The van der Waals surface area contributed by atoms with Crippen molar-refractivity contribution in [1.29, 1.82) is 0 Å². The first-order chi connectivity index (χ1) is 15.8. The fourth-order valence-electron chi connectivity index (χ4n) is 4.98. The second-order valence-electron chi connectivity index (χ2n) is 10.6. The summed E-state index contributed by atoms with van der Waals surface area (Å²) in [6.07, 6.45) is 8.40. The van der Waals surface area contributed by atoms with Gasteiger partial charge in [0.2, 0.25) is 0 Å². The predicted octanol–water partition coefficient (Wildman–Crippen LogP) is 6.19. The van der Waals surface area contributed by atoms with E-state index in [9.17, 15) is 4.79 Å². The van der Waals surface area contributed by atoms with Crippen molar-refractivity contribution in [3.63, 3.8) is 0 Å². The molecule has 0 bridgehead atoms. The number of amides is 1. The molecule has 0 saturated heterocycles. The molecule has 2 fully saturated rings. The van der Waals surface area contributed by atoms with Crippen LogP contribution in [-0.2, 0) is 22.6 Å². The molecule has 0 unspecified atom stereocenters. The number of fused-ring (bicyclic) bond motifs is 3. The van der Waals surface area contributed by atoms with Crippen LogP contribution in [-0.4, -0.2) is 43.6 Å². The number of nitrogens with zero attached hydrogens (tertiary/aromatic N) is 4. The highest BCUT2D eigenvalue weighted by molar-refractivity contribution is 6.30. The fourth-order valence-corrected chi connectivity index (χ4v) is 5.18. The SMILES string of the molecule is CC(C)(C)OC(=O)N1Cc2cc(Cl)ccc2-n2c(nnc2C2CCC(OC3CCC3)CC2)C1.Cl. The molecule has 1 aromatic heterocycles. The molecule has 2 saturated carbocycles. The first-order valence-electron chi connectivity index (χ1n) is 12.1. The van der Waals surface area contributed by atoms with Crippen LogP contribution in [0.4, 0.5) is 4.79 Å². The molecule has 0 N–H and O–H groups in total. The number of ether oxygens (including phenoxy) is 2. The Morgan fingerprint density at radius 3 is 2.38 bits per heavy atom. The first-order valence-corrected chi connectivity index (χ1v) is 12.5. The van der Waals surface area contributed by atoms with Crippen LogP contribution in [0.5, 0.6) is 0 Å². The lowest BCUT2D eigenvalue weighted by Gasteiger charge is -2.34. The zero-order valence-corrected chi connectivity index (χ0v) is 21.7. The highest BCUT2D eigenvalue weighted by Gasteiger charge is 2.34. The third-order valence-electron chi connectivity index (χ3n) is 6.86. The summed E-state index contributed by atoms with van der Waals surface area (Å²) in [5.74, 6) is 2.05. The van der Waals surface area contributed by atoms with Gasteiger partial charge in [0, 0.05) is 10.9 Å². The molecule has 0 spiro atoms. The summed E-state index contributed by atoms with van der Waals surface area (Å²) in [6, 6.07) is 5.83. The van der Waals surface area contributed by atoms with E-state index in [1.165, 1.54) is 19.3 Å². The second-order valence-corrected chi connectivity index (χ2v) is 11.0. The standard InChI is InChI=1S/C25H33ClN4O3.ClH/c1-25(2,3)33-24(31)29-14-17-13-18(26)9-12-21(17)30-22(15-29)27-28-23(30)16-7-10-20(11-8-16)32-19-5-4-6-19;/h9,12-13,16,19-20H,4-8,10-11,14-15H2,1-3H3;1H. The third kappa shape index (κ3) is 5.37. The number of hydrogen-bond donors (Lipinski definition) is 0. The van der Waals surface area contributed by atoms with Gasteiger partial charge < -0.3 is 9.47 Å². The van der Waals surface area contributed by atoms with Crippen molar-refractivity contribution in [2.24, 2.45) is 0 Å². The van der Waals surface area contributed by atoms with Gasteiger partial charge in [-0.15, -0.1) is 22.6 Å². The monoisotopic (exact) mass is 508 g/mol. The maximum absolute atomic E-state index is 12.9. The Bertz CT molecular complexity index is 1020. The second kappa shape index (κ2) is 10.0. The molecule has 0 atom stereocenters. The molecular formula is C25H34Cl2N4O3. The molecule has 0 radical (unpaired) electrons. The number of carbonyl (C=O) groups is 1. The Kier molecular flexibility index (Phi) is 7.46. The molecule has 3 aliphatic rings. The van der Waals surface area contributed by atoms with E-state index in [2.05, 4.69) is 14.8 Å². The van der Waals surface area contributed by atoms with Gasteiger partial charge in [0.25, 0.3) is 0 Å². The Balaban J connectivity index is 0.00000274. The van der Waals surface area contributed by atoms with E-state index in [1.54, 1.807) is 4.90 Å². The van der Waals surface area contributed by atoms with E-state index < -0.39 is 5.60 Å². The minimum atomic E-state index is -0.570. The summed E-state index contributed by atoms with van der Waals surface area (Å²) in [6.45, 7) is 6.38. The van der Waals surface area contributed by atoms with Gasteiger partial charge in [-0.05, 0) is 89.5 Å². The molecule has 1 aromatic carbocycles. The average molecular weight is 509 g/mol. The quantitative estimate of drug-likeness (QED) is 0.494. The smallest absolute Gasteiger partial charge is 0.411 e. The highest BCUT2D eigenvalue weighted by Crippen LogP contribution is 2.38. The Labute approximate surface area is 212 Å². The zero-order valence-electron chi connectivity index (χ0n) is 20.1. The number of benzene rings is 1. The van der Waals surface area contributed by atoms with Gasteiger partial charge in [-0.3, -0.25) is 9.47 Å². The van der Waals surface area contributed by atoms with Gasteiger partial charge in [0.15, 0.2) is 5.82 Å². The Morgan fingerprint density at radius 2 is 1.74 bits per heavy atom. The van der Waals surface area contributed by atoms with E-state index in [0.29, 0.717) is 36.2 Å². The topological polar surface area (TPSA) is 69.5 Å². The van der Waals surface area contributed by atoms with E-state index in [-0.39, 0.29) is 18.5 Å². The molecule has 186 valence electrons. The average Bonchev–Trinajstić information content (AvgIpc) is 3.05. The maximum atomic E-state index is 12.9. The largest absolute Gasteiger partial charge is 0.444 e. The molecular weight excluding hydrogens is 475 g/mol. The molecule has 1 amide bonds. The summed E-state index contributed by atoms with van der Waals surface area (Å²) in [4.78, 5) is 14.6. The minimum Gasteiger partial charge on any atom is -0.444 e. The van der Waals surface area contributed by atoms with E-state index in [0.717, 1.165) is 48.6 Å². The van der Waals surface area contributed by atoms with Gasteiger partial charge >= 0.3 is 6.09 Å². The van der Waals surface area contributed by atoms with Crippen LogP contribution in [0, 0.1) is 0 Å². The lowest BCUT2D eigenvalue weighted by atomic mass is 9.86. The van der Waals surface area contributed by atoms with Crippen LogP contribution < -0.4 is 0 Å². The zero-order chi connectivity index (χ0) is 23.2. The van der Waals surface area contributed by atoms with Crippen LogP contribution in [0.25, 0.3) is 5.69 Å². The van der Waals surface area contributed by atoms with Crippen molar-refractivity contribution in [2.45, 2.75) is 103 Å². The lowest BCUT2D eigenvalue weighted by Crippen LogP contribution is -2.35. The number of carbonyl (C=O) groups excluding carboxylic acids is 1. The summed E-state index contributed by atoms with van der Waals surface area (Å²) >= 11 is 6.34. The van der Waals surface area contributed by atoms with Crippen molar-refractivity contribution in [3.05, 3.63) is 40.4 Å². The van der Waals surface area contributed by atoms with Gasteiger partial charge in [-0.1, -0.05) is 11.6 Å². The summed E-state index contributed by atoms with van der Waals surface area (Å²) in [7, 11) is 0. The molecule has 2 aromatic rings. The van der Waals surface area contributed by atoms with Crippen LogP contribution >= 0.6 is 24.0 Å². The minimum absolute atomic E-state index is 0. The molecule has 9 heteroatoms. The lowest BCUT2D eigenvalue weighted by molar-refractivity contribution is -0.0666. The van der Waals surface area contributed by atoms with E-state index in [1.807, 2.05) is 39.0 Å². The maximum Gasteiger partial charge on any atom is 0.411 e. The molecule has 2 aliphatic carbocycles. The third-order valence-corrected chi connectivity index (χ3v) is 7.09. The number of hydrogen-bond acceptors (Lipinski definition) is 5. The van der Waals surface area contributed by atoms with Crippen LogP contribution in [0.2, 0.25) is 5.02 Å². The predicted molar refractivity (Wildman–Crippen MR) is 133 cm³/mol. The van der Waals surface area contributed by atoms with Gasteiger partial charge in [-0.25, -0.2) is 4.79 Å². The van der Waals surface area contributed by atoms with Crippen molar-refractivity contribution in [1.82, 2.24) is 19.7 Å². The fraction of sp³-hybridized carbons (Fsp3) is 0.640. The van der Waals surface area contributed by atoms with E-state index in [4.69, 9.17) is 21.1 Å². The molecule has 1 aliphatic heterocycles. The first kappa shape index (κ1) is 25.3. The molecule has 7 nitrogen and oxygen atoms in total. The van der Waals surface area contributed by atoms with Crippen molar-refractivity contribution >= 4 is 30.1 Å². The normalized spacial score (nSPS) is 22.6.